The van der Waals surface area contributed by atoms with Crippen molar-refractivity contribution in [3.63, 3.8) is 0 Å². The number of nitrogens with zero attached hydrogens (tertiary/aromatic N) is 1. The molecule has 0 aliphatic rings. The number of ether oxygens (including phenoxy) is 1. The van der Waals surface area contributed by atoms with Crippen molar-refractivity contribution in [2.45, 2.75) is 6.92 Å². The summed E-state index contributed by atoms with van der Waals surface area (Å²) in [5, 5.41) is 0. The van der Waals surface area contributed by atoms with Crippen LogP contribution in [0.25, 0.3) is 0 Å². The van der Waals surface area contributed by atoms with Crippen LogP contribution in [0.4, 0.5) is 11.4 Å². The van der Waals surface area contributed by atoms with E-state index in [2.05, 4.69) is 4.72 Å². The average Bonchev–Trinajstić information content (AvgIpc) is 2.61. The predicted octanol–water partition coefficient (Wildman–Crippen LogP) is 2.73. The molecule has 128 valence electrons. The summed E-state index contributed by atoms with van der Waals surface area (Å²) in [5.41, 5.74) is 1.63. The van der Waals surface area contributed by atoms with Gasteiger partial charge in [0, 0.05) is 24.0 Å². The van der Waals surface area contributed by atoms with E-state index in [1.165, 1.54) is 4.90 Å². The minimum Gasteiger partial charge on any atom is -0.497 e. The monoisotopic (exact) mass is 348 g/mol. The lowest BCUT2D eigenvalue weighted by Crippen LogP contribution is -2.26. The quantitative estimate of drug-likeness (QED) is 0.871. The summed E-state index contributed by atoms with van der Waals surface area (Å²) < 4.78 is 30.6. The van der Waals surface area contributed by atoms with Crippen LogP contribution in [0.1, 0.15) is 17.3 Å². The number of anilines is 2. The average molecular weight is 348 g/mol. The van der Waals surface area contributed by atoms with E-state index in [1.807, 2.05) is 0 Å². The van der Waals surface area contributed by atoms with Crippen molar-refractivity contribution >= 4 is 27.3 Å². The summed E-state index contributed by atoms with van der Waals surface area (Å²) in [5.74, 6) is 0.519. The van der Waals surface area contributed by atoms with Gasteiger partial charge in [0.15, 0.2) is 0 Å². The van der Waals surface area contributed by atoms with Crippen molar-refractivity contribution in [2.75, 3.05) is 29.5 Å². The molecule has 2 rings (SSSR count). The molecule has 1 amide bonds. The standard InChI is InChI=1S/C17H20N2O4S/c1-4-24(21,22)18-14-7-5-13(6-8-14)17(20)19(2)15-9-11-16(23-3)12-10-15/h5-12,18H,4H2,1-3H3. The third kappa shape index (κ3) is 4.26. The summed E-state index contributed by atoms with van der Waals surface area (Å²) in [4.78, 5) is 14.0. The molecule has 2 aromatic rings. The van der Waals surface area contributed by atoms with Crippen LogP contribution in [0.5, 0.6) is 5.75 Å². The van der Waals surface area contributed by atoms with E-state index in [0.29, 0.717) is 17.0 Å². The van der Waals surface area contributed by atoms with E-state index >= 15 is 0 Å². The van der Waals surface area contributed by atoms with Crippen LogP contribution < -0.4 is 14.4 Å². The van der Waals surface area contributed by atoms with Gasteiger partial charge < -0.3 is 9.64 Å². The van der Waals surface area contributed by atoms with E-state index in [9.17, 15) is 13.2 Å². The zero-order valence-corrected chi connectivity index (χ0v) is 14.6. The summed E-state index contributed by atoms with van der Waals surface area (Å²) in [6.45, 7) is 1.56. The molecule has 0 unspecified atom stereocenters. The fraction of sp³-hybridized carbons (Fsp3) is 0.235. The van der Waals surface area contributed by atoms with E-state index in [0.717, 1.165) is 5.69 Å². The number of rotatable bonds is 6. The van der Waals surface area contributed by atoms with Crippen LogP contribution in [-0.2, 0) is 10.0 Å². The van der Waals surface area contributed by atoms with Crippen LogP contribution in [0, 0.1) is 0 Å². The van der Waals surface area contributed by atoms with Gasteiger partial charge >= 0.3 is 0 Å². The highest BCUT2D eigenvalue weighted by molar-refractivity contribution is 7.92. The molecule has 0 aliphatic carbocycles. The summed E-state index contributed by atoms with van der Waals surface area (Å²) in [7, 11) is -0.0688. The number of carbonyl (C=O) groups excluding carboxylic acids is 1. The lowest BCUT2D eigenvalue weighted by molar-refractivity contribution is 0.0993. The number of sulfonamides is 1. The molecule has 0 bridgehead atoms. The number of benzene rings is 2. The van der Waals surface area contributed by atoms with Crippen molar-refractivity contribution in [3.8, 4) is 5.75 Å². The second-order valence-corrected chi connectivity index (χ2v) is 7.16. The third-order valence-corrected chi connectivity index (χ3v) is 4.86. The van der Waals surface area contributed by atoms with Gasteiger partial charge in [-0.3, -0.25) is 9.52 Å². The Kier molecular flexibility index (Phi) is 5.46. The van der Waals surface area contributed by atoms with E-state index in [4.69, 9.17) is 4.74 Å². The van der Waals surface area contributed by atoms with Crippen LogP contribution in [0.2, 0.25) is 0 Å². The highest BCUT2D eigenvalue weighted by atomic mass is 32.2. The molecule has 0 aromatic heterocycles. The molecule has 6 nitrogen and oxygen atoms in total. The zero-order chi connectivity index (χ0) is 17.7. The van der Waals surface area contributed by atoms with E-state index in [1.54, 1.807) is 69.6 Å². The highest BCUT2D eigenvalue weighted by Crippen LogP contribution is 2.20. The van der Waals surface area contributed by atoms with Crippen LogP contribution in [0.3, 0.4) is 0 Å². The minimum atomic E-state index is -3.33. The Labute approximate surface area is 142 Å². The Morgan fingerprint density at radius 2 is 1.67 bits per heavy atom. The SMILES string of the molecule is CCS(=O)(=O)Nc1ccc(C(=O)N(C)c2ccc(OC)cc2)cc1. The topological polar surface area (TPSA) is 75.7 Å². The van der Waals surface area contributed by atoms with Gasteiger partial charge in [-0.15, -0.1) is 0 Å². The zero-order valence-electron chi connectivity index (χ0n) is 13.8. The number of hydrogen-bond donors (Lipinski definition) is 1. The summed E-state index contributed by atoms with van der Waals surface area (Å²) >= 11 is 0. The predicted molar refractivity (Wildman–Crippen MR) is 95.3 cm³/mol. The fourth-order valence-corrected chi connectivity index (χ4v) is 2.69. The Balaban J connectivity index is 2.14. The highest BCUT2D eigenvalue weighted by Gasteiger charge is 2.14. The molecule has 0 saturated heterocycles. The second-order valence-electron chi connectivity index (χ2n) is 5.15. The van der Waals surface area contributed by atoms with Gasteiger partial charge in [0.25, 0.3) is 5.91 Å². The fourth-order valence-electron chi connectivity index (χ4n) is 2.05. The maximum atomic E-state index is 12.5. The van der Waals surface area contributed by atoms with E-state index in [-0.39, 0.29) is 11.7 Å². The van der Waals surface area contributed by atoms with Crippen molar-refractivity contribution < 1.29 is 17.9 Å². The van der Waals surface area contributed by atoms with Gasteiger partial charge in [-0.05, 0) is 55.5 Å². The Morgan fingerprint density at radius 1 is 1.08 bits per heavy atom. The van der Waals surface area contributed by atoms with Gasteiger partial charge in [0.2, 0.25) is 10.0 Å². The second kappa shape index (κ2) is 7.35. The molecule has 7 heteroatoms. The van der Waals surface area contributed by atoms with Gasteiger partial charge in [-0.25, -0.2) is 8.42 Å². The van der Waals surface area contributed by atoms with Gasteiger partial charge in [-0.1, -0.05) is 0 Å². The normalized spacial score (nSPS) is 11.0. The first kappa shape index (κ1) is 17.8. The maximum Gasteiger partial charge on any atom is 0.258 e. The smallest absolute Gasteiger partial charge is 0.258 e. The molecule has 0 atom stereocenters. The third-order valence-electron chi connectivity index (χ3n) is 3.55. The van der Waals surface area contributed by atoms with Crippen LogP contribution in [-0.4, -0.2) is 34.2 Å². The lowest BCUT2D eigenvalue weighted by Gasteiger charge is -2.18. The molecule has 24 heavy (non-hydrogen) atoms. The van der Waals surface area contributed by atoms with Crippen molar-refractivity contribution in [3.05, 3.63) is 54.1 Å². The van der Waals surface area contributed by atoms with Gasteiger partial charge in [-0.2, -0.15) is 0 Å². The van der Waals surface area contributed by atoms with Crippen LogP contribution in [0.15, 0.2) is 48.5 Å². The molecule has 0 saturated carbocycles. The van der Waals surface area contributed by atoms with Gasteiger partial charge in [0.05, 0.1) is 12.9 Å². The molecule has 2 aromatic carbocycles. The minimum absolute atomic E-state index is 0.00606. The Bertz CT molecular complexity index is 799. The van der Waals surface area contributed by atoms with Crippen LogP contribution >= 0.6 is 0 Å². The van der Waals surface area contributed by atoms with Crippen molar-refractivity contribution in [1.29, 1.82) is 0 Å². The van der Waals surface area contributed by atoms with E-state index < -0.39 is 10.0 Å². The molecule has 0 spiro atoms. The molecule has 0 heterocycles. The lowest BCUT2D eigenvalue weighted by atomic mass is 10.1. The number of nitrogens with one attached hydrogen (secondary N) is 1. The molecule has 0 fully saturated rings. The molecular weight excluding hydrogens is 328 g/mol. The first-order chi connectivity index (χ1) is 11.4. The number of methoxy groups -OCH3 is 1. The largest absolute Gasteiger partial charge is 0.497 e. The number of amides is 1. The Hall–Kier alpha value is -2.54. The first-order valence-electron chi connectivity index (χ1n) is 7.39. The molecule has 0 aliphatic heterocycles. The number of hydrogen-bond acceptors (Lipinski definition) is 4. The first-order valence-corrected chi connectivity index (χ1v) is 9.04. The number of carbonyl (C=O) groups is 1. The maximum absolute atomic E-state index is 12.5. The molecule has 1 N–H and O–H groups in total. The Morgan fingerprint density at radius 3 is 2.17 bits per heavy atom. The molecular formula is C17H20N2O4S. The van der Waals surface area contributed by atoms with Crippen molar-refractivity contribution in [1.82, 2.24) is 0 Å². The molecule has 0 radical (unpaired) electrons. The summed E-state index contributed by atoms with van der Waals surface area (Å²) in [6.07, 6.45) is 0. The van der Waals surface area contributed by atoms with Gasteiger partial charge in [0.1, 0.15) is 5.75 Å². The summed E-state index contributed by atoms with van der Waals surface area (Å²) in [6, 6.07) is 13.5. The van der Waals surface area contributed by atoms with Crippen molar-refractivity contribution in [2.24, 2.45) is 0 Å².